The van der Waals surface area contributed by atoms with E-state index in [4.69, 9.17) is 4.74 Å². The zero-order valence-corrected chi connectivity index (χ0v) is 11.8. The van der Waals surface area contributed by atoms with Crippen LogP contribution in [0.4, 0.5) is 0 Å². The van der Waals surface area contributed by atoms with Crippen molar-refractivity contribution < 1.29 is 14.6 Å². The number of carbonyl (C=O) groups is 1. The van der Waals surface area contributed by atoms with Crippen molar-refractivity contribution in [2.45, 2.75) is 45.4 Å². The first-order valence-corrected chi connectivity index (χ1v) is 7.09. The molecule has 18 heavy (non-hydrogen) atoms. The predicted octanol–water partition coefficient (Wildman–Crippen LogP) is 2.38. The van der Waals surface area contributed by atoms with Gasteiger partial charge in [-0.3, -0.25) is 4.79 Å². The summed E-state index contributed by atoms with van der Waals surface area (Å²) in [6.07, 6.45) is 5.75. The van der Waals surface area contributed by atoms with Crippen molar-refractivity contribution in [2.24, 2.45) is 5.41 Å². The van der Waals surface area contributed by atoms with Crippen LogP contribution in [0.25, 0.3) is 0 Å². The van der Waals surface area contributed by atoms with Crippen LogP contribution in [0, 0.1) is 5.41 Å². The molecule has 0 spiro atoms. The molecular weight excluding hydrogens is 230 g/mol. The lowest BCUT2D eigenvalue weighted by molar-refractivity contribution is -0.153. The molecule has 0 saturated carbocycles. The molecule has 0 aromatic heterocycles. The van der Waals surface area contributed by atoms with Crippen LogP contribution >= 0.6 is 0 Å². The van der Waals surface area contributed by atoms with Gasteiger partial charge in [0.05, 0.1) is 5.41 Å². The van der Waals surface area contributed by atoms with Gasteiger partial charge in [-0.15, -0.1) is 0 Å². The van der Waals surface area contributed by atoms with Gasteiger partial charge in [-0.05, 0) is 45.2 Å². The average Bonchev–Trinajstić information content (AvgIpc) is 2.35. The van der Waals surface area contributed by atoms with E-state index in [0.29, 0.717) is 0 Å². The molecule has 1 heterocycles. The molecule has 1 atom stereocenters. The highest BCUT2D eigenvalue weighted by Crippen LogP contribution is 2.35. The third kappa shape index (κ3) is 4.25. The van der Waals surface area contributed by atoms with E-state index in [2.05, 4.69) is 11.8 Å². The Morgan fingerprint density at radius 1 is 1.44 bits per heavy atom. The second-order valence-electron chi connectivity index (χ2n) is 5.42. The summed E-state index contributed by atoms with van der Waals surface area (Å²) in [5, 5.41) is 9.50. The quantitative estimate of drug-likeness (QED) is 0.678. The van der Waals surface area contributed by atoms with Gasteiger partial charge < -0.3 is 14.7 Å². The minimum atomic E-state index is -0.606. The summed E-state index contributed by atoms with van der Waals surface area (Å²) in [7, 11) is 1.72. The molecule has 0 aromatic carbocycles. The molecule has 1 rings (SSSR count). The third-order valence-electron chi connectivity index (χ3n) is 3.91. The van der Waals surface area contributed by atoms with Gasteiger partial charge in [0.25, 0.3) is 0 Å². The molecular formula is C14H27NO3. The molecule has 0 aliphatic carbocycles. The fourth-order valence-corrected chi connectivity index (χ4v) is 2.96. The number of hydrogen-bond donors (Lipinski definition) is 1. The molecule has 0 radical (unpaired) electrons. The molecule has 4 nitrogen and oxygen atoms in total. The molecule has 1 unspecified atom stereocenters. The van der Waals surface area contributed by atoms with Crippen molar-refractivity contribution in [1.29, 1.82) is 0 Å². The van der Waals surface area contributed by atoms with Crippen molar-refractivity contribution in [1.82, 2.24) is 4.90 Å². The highest BCUT2D eigenvalue weighted by atomic mass is 16.5. The maximum absolute atomic E-state index is 11.5. The Bertz CT molecular complexity index is 253. The maximum atomic E-state index is 11.5. The van der Waals surface area contributed by atoms with Crippen molar-refractivity contribution in [3.8, 4) is 0 Å². The smallest absolute Gasteiger partial charge is 0.310 e. The van der Waals surface area contributed by atoms with Gasteiger partial charge in [0.15, 0.2) is 0 Å². The number of unbranched alkanes of at least 4 members (excludes halogenated alkanes) is 1. The molecule has 106 valence electrons. The molecule has 0 aromatic rings. The van der Waals surface area contributed by atoms with Crippen LogP contribution in [0.3, 0.4) is 0 Å². The van der Waals surface area contributed by atoms with Crippen LogP contribution in [0.2, 0.25) is 0 Å². The van der Waals surface area contributed by atoms with Gasteiger partial charge in [-0.2, -0.15) is 0 Å². The van der Waals surface area contributed by atoms with Crippen LogP contribution in [0.15, 0.2) is 0 Å². The molecule has 1 N–H and O–H groups in total. The summed E-state index contributed by atoms with van der Waals surface area (Å²) in [5.74, 6) is -0.606. The number of methoxy groups -OCH3 is 1. The summed E-state index contributed by atoms with van der Waals surface area (Å²) < 4.78 is 5.04. The predicted molar refractivity (Wildman–Crippen MR) is 71.8 cm³/mol. The van der Waals surface area contributed by atoms with E-state index in [1.807, 2.05) is 0 Å². The Morgan fingerprint density at radius 3 is 2.83 bits per heavy atom. The largest absolute Gasteiger partial charge is 0.481 e. The first-order chi connectivity index (χ1) is 8.64. The second kappa shape index (κ2) is 7.74. The lowest BCUT2D eigenvalue weighted by atomic mass is 9.76. The zero-order valence-electron chi connectivity index (χ0n) is 11.8. The fraction of sp³-hybridized carbons (Fsp3) is 0.929. The summed E-state index contributed by atoms with van der Waals surface area (Å²) in [6.45, 7) is 5.64. The molecule has 0 bridgehead atoms. The number of rotatable bonds is 8. The van der Waals surface area contributed by atoms with E-state index < -0.39 is 11.4 Å². The second-order valence-corrected chi connectivity index (χ2v) is 5.42. The first kappa shape index (κ1) is 15.4. The van der Waals surface area contributed by atoms with E-state index in [-0.39, 0.29) is 0 Å². The molecule has 4 heteroatoms. The molecule has 1 aliphatic rings. The van der Waals surface area contributed by atoms with E-state index in [0.717, 1.165) is 64.8 Å². The van der Waals surface area contributed by atoms with E-state index in [1.165, 1.54) is 0 Å². The Balaban J connectivity index is 2.45. The number of piperidine rings is 1. The molecule has 0 amide bonds. The average molecular weight is 257 g/mol. The van der Waals surface area contributed by atoms with E-state index >= 15 is 0 Å². The Hall–Kier alpha value is -0.610. The van der Waals surface area contributed by atoms with Crippen molar-refractivity contribution in [3.63, 3.8) is 0 Å². The zero-order chi connectivity index (χ0) is 13.4. The van der Waals surface area contributed by atoms with Gasteiger partial charge in [0.1, 0.15) is 0 Å². The number of likely N-dealkylation sites (tertiary alicyclic amines) is 1. The summed E-state index contributed by atoms with van der Waals surface area (Å²) >= 11 is 0. The minimum absolute atomic E-state index is 0.492. The summed E-state index contributed by atoms with van der Waals surface area (Å²) in [6, 6.07) is 0. The van der Waals surface area contributed by atoms with Crippen molar-refractivity contribution in [2.75, 3.05) is 33.4 Å². The number of carboxylic acids is 1. The van der Waals surface area contributed by atoms with Gasteiger partial charge in [-0.25, -0.2) is 0 Å². The van der Waals surface area contributed by atoms with Crippen LogP contribution in [-0.4, -0.2) is 49.3 Å². The van der Waals surface area contributed by atoms with Crippen LogP contribution in [0.5, 0.6) is 0 Å². The van der Waals surface area contributed by atoms with E-state index in [9.17, 15) is 9.90 Å². The van der Waals surface area contributed by atoms with Crippen LogP contribution in [-0.2, 0) is 9.53 Å². The van der Waals surface area contributed by atoms with Gasteiger partial charge in [-0.1, -0.05) is 13.3 Å². The SMILES string of the molecule is CCCC1(C(=O)O)CCCN(CCCCOC)C1. The minimum Gasteiger partial charge on any atom is -0.481 e. The fourth-order valence-electron chi connectivity index (χ4n) is 2.96. The lowest BCUT2D eigenvalue weighted by Crippen LogP contribution is -2.48. The number of nitrogens with zero attached hydrogens (tertiary/aromatic N) is 1. The standard InChI is InChI=1S/C14H27NO3/c1-3-7-14(13(16)17)8-6-10-15(12-14)9-4-5-11-18-2/h3-12H2,1-2H3,(H,16,17). The first-order valence-electron chi connectivity index (χ1n) is 7.09. The van der Waals surface area contributed by atoms with E-state index in [1.54, 1.807) is 7.11 Å². The normalized spacial score (nSPS) is 25.2. The number of aliphatic carboxylic acids is 1. The third-order valence-corrected chi connectivity index (χ3v) is 3.91. The monoisotopic (exact) mass is 257 g/mol. The molecule has 1 fully saturated rings. The number of ether oxygens (including phenoxy) is 1. The summed E-state index contributed by atoms with van der Waals surface area (Å²) in [4.78, 5) is 13.9. The van der Waals surface area contributed by atoms with Gasteiger partial charge in [0, 0.05) is 20.3 Å². The van der Waals surface area contributed by atoms with Crippen molar-refractivity contribution in [3.05, 3.63) is 0 Å². The molecule has 1 aliphatic heterocycles. The number of hydrogen-bond acceptors (Lipinski definition) is 3. The van der Waals surface area contributed by atoms with Crippen LogP contribution in [0.1, 0.15) is 45.4 Å². The highest BCUT2D eigenvalue weighted by Gasteiger charge is 2.41. The highest BCUT2D eigenvalue weighted by molar-refractivity contribution is 5.75. The Morgan fingerprint density at radius 2 is 2.22 bits per heavy atom. The number of carboxylic acid groups (broad SMARTS) is 1. The lowest BCUT2D eigenvalue weighted by Gasteiger charge is -2.40. The molecule has 1 saturated heterocycles. The van der Waals surface area contributed by atoms with Crippen LogP contribution < -0.4 is 0 Å². The van der Waals surface area contributed by atoms with Gasteiger partial charge >= 0.3 is 5.97 Å². The maximum Gasteiger partial charge on any atom is 0.310 e. The topological polar surface area (TPSA) is 49.8 Å². The Kier molecular flexibility index (Phi) is 6.65. The van der Waals surface area contributed by atoms with Crippen molar-refractivity contribution >= 4 is 5.97 Å². The summed E-state index contributed by atoms with van der Waals surface area (Å²) in [5.41, 5.74) is -0.492. The Labute approximate surface area is 110 Å². The van der Waals surface area contributed by atoms with Gasteiger partial charge in [0.2, 0.25) is 0 Å².